The molecule has 27 heavy (non-hydrogen) atoms. The van der Waals surface area contributed by atoms with Gasteiger partial charge >= 0.3 is 7.82 Å². The summed E-state index contributed by atoms with van der Waals surface area (Å²) in [6, 6.07) is 0. The molecular weight excluding hydrogens is 442 g/mol. The summed E-state index contributed by atoms with van der Waals surface area (Å²) in [6.45, 7) is 4.36. The Hall–Kier alpha value is -0.696. The Bertz CT molecular complexity index is 648. The molecule has 0 aromatic carbocycles. The summed E-state index contributed by atoms with van der Waals surface area (Å²) in [6.07, 6.45) is 2.20. The number of nitrogen functional groups attached to an aromatic ring is 1. The summed E-state index contributed by atoms with van der Waals surface area (Å²) in [4.78, 5) is 28.9. The predicted molar refractivity (Wildman–Crippen MR) is 99.0 cm³/mol. The van der Waals surface area contributed by atoms with E-state index in [-0.39, 0.29) is 47.1 Å². The van der Waals surface area contributed by atoms with Crippen LogP contribution in [0.5, 0.6) is 0 Å². The van der Waals surface area contributed by atoms with E-state index in [1.807, 2.05) is 6.92 Å². The fourth-order valence-corrected chi connectivity index (χ4v) is 3.54. The van der Waals surface area contributed by atoms with Gasteiger partial charge in [0.1, 0.15) is 11.6 Å². The number of allylic oxidation sites excluding steroid dienone is 1. The summed E-state index contributed by atoms with van der Waals surface area (Å²) in [7, 11) is -4.40. The number of aromatic nitrogens is 2. The molecule has 12 nitrogen and oxygen atoms in total. The molecular formula is C12H27N4O8PSV. The van der Waals surface area contributed by atoms with Crippen LogP contribution in [-0.2, 0) is 34.2 Å². The van der Waals surface area contributed by atoms with Crippen molar-refractivity contribution in [2.45, 2.75) is 26.8 Å². The van der Waals surface area contributed by atoms with Crippen molar-refractivity contribution in [2.75, 3.05) is 18.2 Å². The molecule has 0 saturated carbocycles. The third kappa shape index (κ3) is 10.4. The minimum absolute atomic E-state index is 0. The largest absolute Gasteiger partial charge is 0.469 e. The van der Waals surface area contributed by atoms with Crippen LogP contribution in [0.1, 0.15) is 24.7 Å². The first-order valence-corrected chi connectivity index (χ1v) is 9.13. The summed E-state index contributed by atoms with van der Waals surface area (Å²) < 4.78 is 15.2. The number of hydrogen-bond donors (Lipinski definition) is 3. The average Bonchev–Trinajstić information content (AvgIpc) is 2.73. The van der Waals surface area contributed by atoms with Gasteiger partial charge in [0.2, 0.25) is 0 Å². The van der Waals surface area contributed by atoms with E-state index in [2.05, 4.69) is 19.4 Å². The van der Waals surface area contributed by atoms with Gasteiger partial charge in [-0.25, -0.2) is 14.5 Å². The molecule has 2 rings (SSSR count). The Morgan fingerprint density at radius 3 is 2.41 bits per heavy atom. The van der Waals surface area contributed by atoms with E-state index < -0.39 is 7.82 Å². The first-order valence-electron chi connectivity index (χ1n) is 6.62. The molecule has 1 aliphatic heterocycles. The van der Waals surface area contributed by atoms with Crippen LogP contribution < -0.4 is 5.73 Å². The molecule has 15 heteroatoms. The van der Waals surface area contributed by atoms with Crippen LogP contribution in [0.2, 0.25) is 0 Å². The maximum absolute atomic E-state index is 10.7. The molecule has 0 unspecified atom stereocenters. The van der Waals surface area contributed by atoms with Crippen LogP contribution in [-0.4, -0.2) is 59.0 Å². The third-order valence-electron chi connectivity index (χ3n) is 3.24. The van der Waals surface area contributed by atoms with Crippen molar-refractivity contribution in [1.29, 1.82) is 0 Å². The van der Waals surface area contributed by atoms with Gasteiger partial charge in [0, 0.05) is 53.9 Å². The van der Waals surface area contributed by atoms with Crippen molar-refractivity contribution >= 4 is 25.4 Å². The molecule has 0 bridgehead atoms. The molecule has 159 valence electrons. The van der Waals surface area contributed by atoms with Gasteiger partial charge in [-0.3, -0.25) is 4.52 Å². The zero-order valence-corrected chi connectivity index (χ0v) is 17.9. The van der Waals surface area contributed by atoms with Crippen molar-refractivity contribution in [1.82, 2.24) is 14.9 Å². The number of phosphoric acid groups is 1. The Labute approximate surface area is 173 Å². The Kier molecular flexibility index (Phi) is 18.0. The molecule has 1 radical (unpaired) electrons. The van der Waals surface area contributed by atoms with E-state index in [0.717, 1.165) is 22.0 Å². The van der Waals surface area contributed by atoms with E-state index in [1.54, 1.807) is 24.9 Å². The molecule has 0 spiro atoms. The Morgan fingerprint density at radius 2 is 1.89 bits per heavy atom. The SMILES string of the molecule is CC1=C(CCOP(=O)(O)O)SCN1Cc1cnc(C)nc1N.O.O.O.O.[V]. The molecule has 2 heterocycles. The molecule has 0 saturated heterocycles. The number of aryl methyl sites for hydroxylation is 1. The Morgan fingerprint density at radius 1 is 1.30 bits per heavy atom. The summed E-state index contributed by atoms with van der Waals surface area (Å²) in [5.41, 5.74) is 7.81. The van der Waals surface area contributed by atoms with Crippen LogP contribution in [0.15, 0.2) is 16.8 Å². The number of anilines is 1. The fourth-order valence-electron chi connectivity index (χ4n) is 2.05. The average molecular weight is 469 g/mol. The maximum Gasteiger partial charge on any atom is 0.469 e. The second kappa shape index (κ2) is 14.3. The van der Waals surface area contributed by atoms with Crippen molar-refractivity contribution in [2.24, 2.45) is 0 Å². The number of rotatable bonds is 6. The summed E-state index contributed by atoms with van der Waals surface area (Å²) >= 11 is 1.63. The van der Waals surface area contributed by atoms with Crippen LogP contribution in [0.25, 0.3) is 0 Å². The van der Waals surface area contributed by atoms with E-state index in [1.165, 1.54) is 0 Å². The first kappa shape index (κ1) is 33.9. The quantitative estimate of drug-likeness (QED) is 0.401. The number of thioether (sulfide) groups is 1. The number of nitrogens with two attached hydrogens (primary N) is 1. The number of hydrogen-bond acceptors (Lipinski definition) is 7. The van der Waals surface area contributed by atoms with Crippen molar-refractivity contribution in [3.05, 3.63) is 28.2 Å². The van der Waals surface area contributed by atoms with E-state index in [4.69, 9.17) is 15.5 Å². The van der Waals surface area contributed by atoms with Gasteiger partial charge in [-0.05, 0) is 13.8 Å². The van der Waals surface area contributed by atoms with Crippen LogP contribution in [0.3, 0.4) is 0 Å². The zero-order chi connectivity index (χ0) is 16.3. The van der Waals surface area contributed by atoms with Gasteiger partial charge in [-0.15, -0.1) is 11.8 Å². The standard InChI is InChI=1S/C12H19N4O4PS.4H2O.V/c1-8-11(3-4-20-21(17,18)19)22-7-16(8)6-10-5-14-9(2)15-12(10)13;;;;;/h5H,3-4,6-7H2,1-2H3,(H2,13,14,15)(H2,17,18,19);4*1H2;. The van der Waals surface area contributed by atoms with Gasteiger partial charge in [0.25, 0.3) is 0 Å². The second-order valence-electron chi connectivity index (χ2n) is 4.88. The molecule has 1 aliphatic rings. The van der Waals surface area contributed by atoms with Crippen LogP contribution in [0, 0.1) is 6.92 Å². The molecule has 0 aliphatic carbocycles. The predicted octanol–water partition coefficient (Wildman–Crippen LogP) is -1.70. The van der Waals surface area contributed by atoms with Crippen molar-refractivity contribution in [3.8, 4) is 0 Å². The fraction of sp³-hybridized carbons (Fsp3) is 0.500. The molecule has 1 aromatic rings. The smallest absolute Gasteiger partial charge is 0.412 e. The number of phosphoric ester groups is 1. The topological polar surface area (TPSA) is 248 Å². The monoisotopic (exact) mass is 469 g/mol. The minimum atomic E-state index is -4.40. The van der Waals surface area contributed by atoms with Gasteiger partial charge < -0.3 is 42.3 Å². The van der Waals surface area contributed by atoms with Crippen LogP contribution >= 0.6 is 19.6 Å². The summed E-state index contributed by atoms with van der Waals surface area (Å²) in [5, 5.41) is 0. The molecule has 0 atom stereocenters. The first-order chi connectivity index (χ1) is 10.3. The number of nitrogens with zero attached hydrogens (tertiary/aromatic N) is 3. The maximum atomic E-state index is 10.7. The summed E-state index contributed by atoms with van der Waals surface area (Å²) in [5.74, 6) is 1.87. The van der Waals surface area contributed by atoms with Gasteiger partial charge in [0.05, 0.1) is 12.5 Å². The van der Waals surface area contributed by atoms with E-state index in [9.17, 15) is 4.57 Å². The Balaban J connectivity index is -0.000000529. The van der Waals surface area contributed by atoms with Crippen LogP contribution in [0.4, 0.5) is 5.82 Å². The molecule has 1 aromatic heterocycles. The van der Waals surface area contributed by atoms with Crippen molar-refractivity contribution < 1.29 is 59.3 Å². The van der Waals surface area contributed by atoms with E-state index in [0.29, 0.717) is 24.6 Å². The molecule has 0 fully saturated rings. The normalized spacial score (nSPS) is 12.8. The molecule has 0 amide bonds. The zero-order valence-electron chi connectivity index (χ0n) is 14.8. The van der Waals surface area contributed by atoms with Gasteiger partial charge in [0.15, 0.2) is 0 Å². The molecule has 12 N–H and O–H groups in total. The second-order valence-corrected chi connectivity index (χ2v) is 7.16. The van der Waals surface area contributed by atoms with Crippen molar-refractivity contribution in [3.63, 3.8) is 0 Å². The van der Waals surface area contributed by atoms with Gasteiger partial charge in [-0.1, -0.05) is 0 Å². The third-order valence-corrected chi connectivity index (χ3v) is 5.05. The van der Waals surface area contributed by atoms with E-state index >= 15 is 0 Å². The minimum Gasteiger partial charge on any atom is -0.412 e. The van der Waals surface area contributed by atoms with Gasteiger partial charge in [-0.2, -0.15) is 0 Å².